The zero-order valence-electron chi connectivity index (χ0n) is 14.3. The van der Waals surface area contributed by atoms with Crippen molar-refractivity contribution in [2.45, 2.75) is 32.9 Å². The topological polar surface area (TPSA) is 12.5 Å². The van der Waals surface area contributed by atoms with E-state index in [2.05, 4.69) is 32.8 Å². The van der Waals surface area contributed by atoms with Gasteiger partial charge in [0.15, 0.2) is 0 Å². The van der Waals surface area contributed by atoms with Gasteiger partial charge < -0.3 is 9.64 Å². The predicted molar refractivity (Wildman–Crippen MR) is 97.9 cm³/mol. The summed E-state index contributed by atoms with van der Waals surface area (Å²) >= 11 is 0. The zero-order chi connectivity index (χ0) is 16.4. The van der Waals surface area contributed by atoms with Crippen LogP contribution >= 0.6 is 12.4 Å². The number of halogens is 2. The minimum atomic E-state index is -0.232. The van der Waals surface area contributed by atoms with E-state index in [0.717, 1.165) is 17.4 Å². The van der Waals surface area contributed by atoms with E-state index in [1.165, 1.54) is 18.6 Å². The van der Waals surface area contributed by atoms with Crippen LogP contribution in [0.15, 0.2) is 54.6 Å². The maximum Gasteiger partial charge on any atom is 0.123 e. The van der Waals surface area contributed by atoms with E-state index in [1.807, 2.05) is 36.4 Å². The molecule has 0 radical (unpaired) electrons. The summed E-state index contributed by atoms with van der Waals surface area (Å²) in [6.07, 6.45) is 1.24. The molecule has 4 heteroatoms. The molecule has 0 aliphatic heterocycles. The van der Waals surface area contributed by atoms with Gasteiger partial charge in [-0.15, -0.1) is 12.4 Å². The lowest BCUT2D eigenvalue weighted by molar-refractivity contribution is 0.305. The molecule has 2 aromatic rings. The molecule has 1 atom stereocenters. The molecule has 0 fully saturated rings. The van der Waals surface area contributed by atoms with Crippen LogP contribution < -0.4 is 4.74 Å². The normalized spacial score (nSPS) is 11.0. The fourth-order valence-corrected chi connectivity index (χ4v) is 1.68. The molecule has 0 bridgehead atoms. The van der Waals surface area contributed by atoms with Crippen molar-refractivity contribution in [1.82, 2.24) is 4.90 Å². The second kappa shape index (κ2) is 11.9. The van der Waals surface area contributed by atoms with Crippen LogP contribution in [-0.2, 0) is 6.61 Å². The van der Waals surface area contributed by atoms with Crippen LogP contribution in [0.2, 0.25) is 0 Å². The molecule has 0 heterocycles. The summed E-state index contributed by atoms with van der Waals surface area (Å²) in [5, 5.41) is 0. The summed E-state index contributed by atoms with van der Waals surface area (Å²) < 4.78 is 18.3. The smallest absolute Gasteiger partial charge is 0.123 e. The summed E-state index contributed by atoms with van der Waals surface area (Å²) in [7, 11) is 4.21. The number of benzene rings is 2. The Morgan fingerprint density at radius 2 is 1.70 bits per heavy atom. The Kier molecular flexibility index (Phi) is 11.1. The van der Waals surface area contributed by atoms with Gasteiger partial charge in [0.2, 0.25) is 0 Å². The highest BCUT2D eigenvalue weighted by atomic mass is 35.5. The van der Waals surface area contributed by atoms with Crippen molar-refractivity contribution in [3.05, 3.63) is 66.0 Å². The average Bonchev–Trinajstić information content (AvgIpc) is 2.54. The van der Waals surface area contributed by atoms with Crippen LogP contribution in [0, 0.1) is 5.82 Å². The van der Waals surface area contributed by atoms with E-state index in [4.69, 9.17) is 4.74 Å². The fourth-order valence-electron chi connectivity index (χ4n) is 1.68. The van der Waals surface area contributed by atoms with Crippen LogP contribution in [0.1, 0.15) is 25.8 Å². The van der Waals surface area contributed by atoms with E-state index in [9.17, 15) is 4.39 Å². The Morgan fingerprint density at radius 3 is 2.17 bits per heavy atom. The quantitative estimate of drug-likeness (QED) is 0.744. The van der Waals surface area contributed by atoms with E-state index in [0.29, 0.717) is 6.61 Å². The molecule has 0 aromatic heterocycles. The summed E-state index contributed by atoms with van der Waals surface area (Å²) in [6.45, 7) is 4.81. The average molecular weight is 340 g/mol. The molecule has 0 N–H and O–H groups in total. The van der Waals surface area contributed by atoms with Crippen molar-refractivity contribution in [2.24, 2.45) is 0 Å². The minimum absolute atomic E-state index is 0. The zero-order valence-corrected chi connectivity index (χ0v) is 15.1. The Morgan fingerprint density at radius 1 is 1.04 bits per heavy atom. The van der Waals surface area contributed by atoms with Gasteiger partial charge in [0.05, 0.1) is 0 Å². The second-order valence-corrected chi connectivity index (χ2v) is 5.45. The number of hydrogen-bond acceptors (Lipinski definition) is 2. The number of ether oxygens (including phenoxy) is 1. The lowest BCUT2D eigenvalue weighted by atomic mass is 10.2. The van der Waals surface area contributed by atoms with Crippen molar-refractivity contribution in [3.63, 3.8) is 0 Å². The molecule has 2 rings (SSSR count). The van der Waals surface area contributed by atoms with Gasteiger partial charge >= 0.3 is 0 Å². The second-order valence-electron chi connectivity index (χ2n) is 5.45. The van der Waals surface area contributed by atoms with E-state index < -0.39 is 0 Å². The highest BCUT2D eigenvalue weighted by molar-refractivity contribution is 5.85. The Labute approximate surface area is 145 Å². The first-order valence-corrected chi connectivity index (χ1v) is 7.61. The maximum atomic E-state index is 12.8. The van der Waals surface area contributed by atoms with Crippen LogP contribution in [0.5, 0.6) is 5.75 Å². The van der Waals surface area contributed by atoms with E-state index in [1.54, 1.807) is 6.07 Å². The van der Waals surface area contributed by atoms with Gasteiger partial charge in [-0.1, -0.05) is 37.3 Å². The largest absolute Gasteiger partial charge is 0.489 e. The summed E-state index contributed by atoms with van der Waals surface area (Å²) in [5.74, 6) is 0.561. The third kappa shape index (κ3) is 9.22. The van der Waals surface area contributed by atoms with Gasteiger partial charge in [-0.25, -0.2) is 4.39 Å². The van der Waals surface area contributed by atoms with Crippen molar-refractivity contribution in [1.29, 1.82) is 0 Å². The van der Waals surface area contributed by atoms with Gasteiger partial charge in [0.1, 0.15) is 18.2 Å². The number of hydrogen-bond donors (Lipinski definition) is 0. The highest BCUT2D eigenvalue weighted by Gasteiger charge is 1.97. The van der Waals surface area contributed by atoms with Crippen molar-refractivity contribution in [3.8, 4) is 5.75 Å². The molecule has 0 saturated heterocycles. The molecule has 2 nitrogen and oxygen atoms in total. The maximum absolute atomic E-state index is 12.8. The van der Waals surface area contributed by atoms with Gasteiger partial charge in [-0.2, -0.15) is 0 Å². The first kappa shape index (κ1) is 21.4. The Hall–Kier alpha value is -1.58. The SMILES string of the molecule is CCC(C)N(C)C.Cl.Fc1cccc(COc2ccccc2)c1. The van der Waals surface area contributed by atoms with Gasteiger partial charge in [-0.3, -0.25) is 0 Å². The monoisotopic (exact) mass is 339 g/mol. The van der Waals surface area contributed by atoms with E-state index >= 15 is 0 Å². The predicted octanol–water partition coefficient (Wildman–Crippen LogP) is 5.17. The molecule has 23 heavy (non-hydrogen) atoms. The van der Waals surface area contributed by atoms with E-state index in [-0.39, 0.29) is 18.2 Å². The van der Waals surface area contributed by atoms with Crippen LogP contribution in [0.25, 0.3) is 0 Å². The molecule has 0 saturated carbocycles. The van der Waals surface area contributed by atoms with Gasteiger partial charge in [-0.05, 0) is 57.3 Å². The molecule has 1 unspecified atom stereocenters. The van der Waals surface area contributed by atoms with Gasteiger partial charge in [0, 0.05) is 6.04 Å². The fraction of sp³-hybridized carbons (Fsp3) is 0.368. The molecule has 0 spiro atoms. The van der Waals surface area contributed by atoms with Crippen molar-refractivity contribution in [2.75, 3.05) is 14.1 Å². The standard InChI is InChI=1S/C13H11FO.C6H15N.ClH/c14-12-6-4-5-11(9-12)10-15-13-7-2-1-3-8-13;1-5-6(2)7(3)4;/h1-9H,10H2;6H,5H2,1-4H3;1H. The Bertz CT molecular complexity index is 534. The van der Waals surface area contributed by atoms with Crippen molar-refractivity contribution < 1.29 is 9.13 Å². The Balaban J connectivity index is 0.000000522. The molecule has 2 aromatic carbocycles. The molecular formula is C19H27ClFNO. The number of rotatable bonds is 5. The molecule has 0 amide bonds. The third-order valence-electron chi connectivity index (χ3n) is 3.51. The first-order chi connectivity index (χ1) is 10.5. The molecule has 0 aliphatic carbocycles. The number of para-hydroxylation sites is 1. The highest BCUT2D eigenvalue weighted by Crippen LogP contribution is 2.12. The first-order valence-electron chi connectivity index (χ1n) is 7.61. The third-order valence-corrected chi connectivity index (χ3v) is 3.51. The van der Waals surface area contributed by atoms with Gasteiger partial charge in [0.25, 0.3) is 0 Å². The van der Waals surface area contributed by atoms with Crippen molar-refractivity contribution >= 4 is 12.4 Å². The van der Waals surface area contributed by atoms with Crippen LogP contribution in [-0.4, -0.2) is 25.0 Å². The molecule has 128 valence electrons. The molecular weight excluding hydrogens is 313 g/mol. The minimum Gasteiger partial charge on any atom is -0.489 e. The van der Waals surface area contributed by atoms with Crippen LogP contribution in [0.3, 0.4) is 0 Å². The molecule has 0 aliphatic rings. The summed E-state index contributed by atoms with van der Waals surface area (Å²) in [4.78, 5) is 2.22. The lowest BCUT2D eigenvalue weighted by Gasteiger charge is -2.16. The summed E-state index contributed by atoms with van der Waals surface area (Å²) in [6, 6.07) is 16.6. The van der Waals surface area contributed by atoms with Crippen LogP contribution in [0.4, 0.5) is 4.39 Å². The number of nitrogens with zero attached hydrogens (tertiary/aromatic N) is 1. The summed E-state index contributed by atoms with van der Waals surface area (Å²) in [5.41, 5.74) is 0.832. The lowest BCUT2D eigenvalue weighted by Crippen LogP contribution is -2.23.